The van der Waals surface area contributed by atoms with Crippen LogP contribution in [0.25, 0.3) is 0 Å². The number of rotatable bonds is 4. The molecule has 7 heteroatoms. The lowest BCUT2D eigenvalue weighted by Gasteiger charge is -2.33. The summed E-state index contributed by atoms with van der Waals surface area (Å²) in [5, 5.41) is 0. The van der Waals surface area contributed by atoms with Gasteiger partial charge in [-0.25, -0.2) is 8.78 Å². The van der Waals surface area contributed by atoms with E-state index < -0.39 is 11.6 Å². The van der Waals surface area contributed by atoms with Gasteiger partial charge in [0.2, 0.25) is 5.91 Å². The highest BCUT2D eigenvalue weighted by atomic mass is 35.5. The highest BCUT2D eigenvalue weighted by Gasteiger charge is 2.24. The topological polar surface area (TPSA) is 46.3 Å². The fourth-order valence-electron chi connectivity index (χ4n) is 2.48. The lowest BCUT2D eigenvalue weighted by Crippen LogP contribution is -2.43. The summed E-state index contributed by atoms with van der Waals surface area (Å²) in [7, 11) is 0. The van der Waals surface area contributed by atoms with Gasteiger partial charge >= 0.3 is 0 Å². The van der Waals surface area contributed by atoms with Crippen molar-refractivity contribution in [3.8, 4) is 0 Å². The van der Waals surface area contributed by atoms with E-state index in [1.165, 1.54) is 17.8 Å². The summed E-state index contributed by atoms with van der Waals surface area (Å²) >= 11 is 1.23. The standard InChI is InChI=1S/C15H20F2N2OS.ClH/c1-10(18)11-4-6-19(7-5-11)15(20)9-21-12-2-3-13(16)14(17)8-12;/h2-3,8,10-11H,4-7,9,18H2,1H3;1H. The Morgan fingerprint density at radius 3 is 2.55 bits per heavy atom. The molecule has 1 heterocycles. The minimum atomic E-state index is -0.884. The summed E-state index contributed by atoms with van der Waals surface area (Å²) in [5.74, 6) is -0.997. The SMILES string of the molecule is CC(N)C1CCN(C(=O)CSc2ccc(F)c(F)c2)CC1.Cl. The molecule has 0 radical (unpaired) electrons. The quantitative estimate of drug-likeness (QED) is 0.849. The fourth-order valence-corrected chi connectivity index (χ4v) is 3.30. The van der Waals surface area contributed by atoms with E-state index in [9.17, 15) is 13.6 Å². The molecule has 0 aliphatic carbocycles. The van der Waals surface area contributed by atoms with Gasteiger partial charge in [-0.15, -0.1) is 24.2 Å². The third-order valence-corrected chi connectivity index (χ3v) is 4.87. The van der Waals surface area contributed by atoms with Crippen molar-refractivity contribution in [2.24, 2.45) is 11.7 Å². The molecule has 1 unspecified atom stereocenters. The van der Waals surface area contributed by atoms with Gasteiger partial charge in [0.25, 0.3) is 0 Å². The molecule has 1 aliphatic rings. The Hall–Kier alpha value is -0.850. The zero-order valence-electron chi connectivity index (χ0n) is 12.4. The van der Waals surface area contributed by atoms with Gasteiger partial charge in [0.05, 0.1) is 5.75 Å². The maximum atomic E-state index is 13.1. The first kappa shape index (κ1) is 19.2. The van der Waals surface area contributed by atoms with Crippen LogP contribution in [0.5, 0.6) is 0 Å². The average molecular weight is 351 g/mol. The van der Waals surface area contributed by atoms with Crippen molar-refractivity contribution in [3.63, 3.8) is 0 Å². The molecule has 1 aromatic carbocycles. The van der Waals surface area contributed by atoms with Crippen molar-refractivity contribution in [3.05, 3.63) is 29.8 Å². The molecule has 124 valence electrons. The molecule has 3 nitrogen and oxygen atoms in total. The van der Waals surface area contributed by atoms with Gasteiger partial charge in [-0.3, -0.25) is 4.79 Å². The molecule has 1 aromatic rings. The number of amides is 1. The summed E-state index contributed by atoms with van der Waals surface area (Å²) < 4.78 is 25.9. The van der Waals surface area contributed by atoms with Gasteiger partial charge in [0, 0.05) is 24.0 Å². The van der Waals surface area contributed by atoms with Crippen molar-refractivity contribution in [1.29, 1.82) is 0 Å². The third-order valence-electron chi connectivity index (χ3n) is 3.89. The van der Waals surface area contributed by atoms with Gasteiger partial charge in [-0.2, -0.15) is 0 Å². The number of thioether (sulfide) groups is 1. The summed E-state index contributed by atoms with van der Waals surface area (Å²) in [4.78, 5) is 14.5. The Bertz CT molecular complexity index is 508. The second-order valence-electron chi connectivity index (χ2n) is 5.44. The van der Waals surface area contributed by atoms with Crippen molar-refractivity contribution >= 4 is 30.1 Å². The van der Waals surface area contributed by atoms with E-state index in [-0.39, 0.29) is 30.1 Å². The molecule has 0 aromatic heterocycles. The minimum Gasteiger partial charge on any atom is -0.342 e. The molecule has 22 heavy (non-hydrogen) atoms. The van der Waals surface area contributed by atoms with Crippen LogP contribution in [0.1, 0.15) is 19.8 Å². The smallest absolute Gasteiger partial charge is 0.232 e. The van der Waals surface area contributed by atoms with Crippen molar-refractivity contribution in [2.45, 2.75) is 30.7 Å². The van der Waals surface area contributed by atoms with Gasteiger partial charge in [0.15, 0.2) is 11.6 Å². The summed E-state index contributed by atoms with van der Waals surface area (Å²) in [6, 6.07) is 3.85. The third kappa shape index (κ3) is 5.11. The number of carbonyl (C=O) groups excluding carboxylic acids is 1. The number of nitrogens with two attached hydrogens (primary N) is 1. The Morgan fingerprint density at radius 2 is 2.00 bits per heavy atom. The highest BCUT2D eigenvalue weighted by Crippen LogP contribution is 2.23. The van der Waals surface area contributed by atoms with E-state index >= 15 is 0 Å². The van der Waals surface area contributed by atoms with Crippen molar-refractivity contribution in [2.75, 3.05) is 18.8 Å². The predicted octanol–water partition coefficient (Wildman–Crippen LogP) is 3.06. The zero-order valence-corrected chi connectivity index (χ0v) is 14.1. The first-order chi connectivity index (χ1) is 9.97. The van der Waals surface area contributed by atoms with Gasteiger partial charge in [-0.1, -0.05) is 0 Å². The van der Waals surface area contributed by atoms with E-state index in [0.29, 0.717) is 10.8 Å². The zero-order chi connectivity index (χ0) is 15.4. The number of hydrogen-bond donors (Lipinski definition) is 1. The van der Waals surface area contributed by atoms with E-state index in [1.807, 2.05) is 11.8 Å². The molecule has 0 spiro atoms. The number of likely N-dealkylation sites (tertiary alicyclic amines) is 1. The maximum Gasteiger partial charge on any atom is 0.232 e. The molecular weight excluding hydrogens is 330 g/mol. The van der Waals surface area contributed by atoms with Crippen LogP contribution >= 0.6 is 24.2 Å². The molecular formula is C15H21ClF2N2OS. The van der Waals surface area contributed by atoms with Crippen LogP contribution in [0.15, 0.2) is 23.1 Å². The number of benzene rings is 1. The first-order valence-corrected chi connectivity index (χ1v) is 8.07. The average Bonchev–Trinajstić information content (AvgIpc) is 2.48. The molecule has 1 atom stereocenters. The van der Waals surface area contributed by atoms with Gasteiger partial charge in [0.1, 0.15) is 0 Å². The number of piperidine rings is 1. The van der Waals surface area contributed by atoms with Crippen LogP contribution in [-0.4, -0.2) is 35.7 Å². The highest BCUT2D eigenvalue weighted by molar-refractivity contribution is 8.00. The molecule has 2 rings (SSSR count). The predicted molar refractivity (Wildman–Crippen MR) is 87.3 cm³/mol. The van der Waals surface area contributed by atoms with Gasteiger partial charge in [-0.05, 0) is 43.9 Å². The summed E-state index contributed by atoms with van der Waals surface area (Å²) in [6.07, 6.45) is 1.86. The van der Waals surface area contributed by atoms with Crippen LogP contribution in [0.3, 0.4) is 0 Å². The Kier molecular flexibility index (Phi) is 7.59. The number of carbonyl (C=O) groups is 1. The second kappa shape index (κ2) is 8.70. The Labute approximate surface area is 140 Å². The lowest BCUT2D eigenvalue weighted by molar-refractivity contribution is -0.129. The molecule has 0 saturated carbocycles. The normalized spacial score (nSPS) is 17.0. The molecule has 1 fully saturated rings. The minimum absolute atomic E-state index is 0. The van der Waals surface area contributed by atoms with E-state index in [2.05, 4.69) is 0 Å². The van der Waals surface area contributed by atoms with Crippen LogP contribution in [0.2, 0.25) is 0 Å². The van der Waals surface area contributed by atoms with Crippen LogP contribution < -0.4 is 5.73 Å². The van der Waals surface area contributed by atoms with E-state index in [1.54, 1.807) is 0 Å². The molecule has 1 saturated heterocycles. The number of nitrogens with zero attached hydrogens (tertiary/aromatic N) is 1. The first-order valence-electron chi connectivity index (χ1n) is 7.08. The Morgan fingerprint density at radius 1 is 1.36 bits per heavy atom. The molecule has 2 N–H and O–H groups in total. The van der Waals surface area contributed by atoms with Crippen molar-refractivity contribution < 1.29 is 13.6 Å². The number of hydrogen-bond acceptors (Lipinski definition) is 3. The fraction of sp³-hybridized carbons (Fsp3) is 0.533. The van der Waals surface area contributed by atoms with Crippen molar-refractivity contribution in [1.82, 2.24) is 4.90 Å². The Balaban J connectivity index is 0.00000242. The van der Waals surface area contributed by atoms with Crippen LogP contribution in [-0.2, 0) is 4.79 Å². The molecule has 1 amide bonds. The lowest BCUT2D eigenvalue weighted by atomic mass is 9.91. The second-order valence-corrected chi connectivity index (χ2v) is 6.49. The monoisotopic (exact) mass is 350 g/mol. The van der Waals surface area contributed by atoms with Crippen LogP contribution in [0, 0.1) is 17.6 Å². The van der Waals surface area contributed by atoms with E-state index in [4.69, 9.17) is 5.73 Å². The summed E-state index contributed by atoms with van der Waals surface area (Å²) in [6.45, 7) is 3.45. The van der Waals surface area contributed by atoms with E-state index in [0.717, 1.165) is 38.1 Å². The largest absolute Gasteiger partial charge is 0.342 e. The molecule has 1 aliphatic heterocycles. The molecule has 0 bridgehead atoms. The van der Waals surface area contributed by atoms with Gasteiger partial charge < -0.3 is 10.6 Å². The van der Waals surface area contributed by atoms with Crippen LogP contribution in [0.4, 0.5) is 8.78 Å². The number of halogens is 3. The maximum absolute atomic E-state index is 13.1. The summed E-state index contributed by atoms with van der Waals surface area (Å²) in [5.41, 5.74) is 5.88.